The van der Waals surface area contributed by atoms with Crippen LogP contribution in [-0.2, 0) is 9.59 Å². The van der Waals surface area contributed by atoms with Crippen molar-refractivity contribution in [2.75, 3.05) is 0 Å². The predicted molar refractivity (Wildman–Crippen MR) is 38.6 cm³/mol. The summed E-state index contributed by atoms with van der Waals surface area (Å²) in [4.78, 5) is 19.8. The van der Waals surface area contributed by atoms with E-state index < -0.39 is 0 Å². The third kappa shape index (κ3) is 5.44. The standard InChI is InChI=1S/C7H13NO2/c8-7(6-10)4-2-1-3-5-9/h5-7H,1-4,8H2. The van der Waals surface area contributed by atoms with E-state index in [1.54, 1.807) is 0 Å². The zero-order valence-corrected chi connectivity index (χ0v) is 5.95. The molecule has 0 aliphatic rings. The molecule has 0 spiro atoms. The summed E-state index contributed by atoms with van der Waals surface area (Å²) < 4.78 is 0. The second-order valence-electron chi connectivity index (χ2n) is 2.25. The number of aldehydes is 2. The molecular formula is C7H13NO2. The van der Waals surface area contributed by atoms with Crippen LogP contribution < -0.4 is 5.73 Å². The van der Waals surface area contributed by atoms with Gasteiger partial charge in [0.2, 0.25) is 0 Å². The van der Waals surface area contributed by atoms with E-state index in [9.17, 15) is 9.59 Å². The lowest BCUT2D eigenvalue weighted by molar-refractivity contribution is -0.109. The Kier molecular flexibility index (Phi) is 5.97. The average Bonchev–Trinajstić information content (AvgIpc) is 1.98. The van der Waals surface area contributed by atoms with Crippen LogP contribution in [0.3, 0.4) is 0 Å². The third-order valence-electron chi connectivity index (χ3n) is 1.28. The van der Waals surface area contributed by atoms with Gasteiger partial charge in [0.15, 0.2) is 0 Å². The molecule has 0 saturated carbocycles. The van der Waals surface area contributed by atoms with E-state index >= 15 is 0 Å². The molecular weight excluding hydrogens is 130 g/mol. The number of rotatable bonds is 6. The van der Waals surface area contributed by atoms with Gasteiger partial charge in [-0.15, -0.1) is 0 Å². The fraction of sp³-hybridized carbons (Fsp3) is 0.714. The van der Waals surface area contributed by atoms with E-state index in [0.717, 1.165) is 25.4 Å². The topological polar surface area (TPSA) is 60.2 Å². The van der Waals surface area contributed by atoms with Gasteiger partial charge in [-0.05, 0) is 12.8 Å². The molecule has 0 heterocycles. The molecule has 0 aromatic carbocycles. The van der Waals surface area contributed by atoms with Crippen molar-refractivity contribution in [1.29, 1.82) is 0 Å². The van der Waals surface area contributed by atoms with Crippen molar-refractivity contribution >= 4 is 12.6 Å². The maximum atomic E-state index is 9.97. The summed E-state index contributed by atoms with van der Waals surface area (Å²) in [5.41, 5.74) is 5.30. The average molecular weight is 143 g/mol. The van der Waals surface area contributed by atoms with Gasteiger partial charge < -0.3 is 15.3 Å². The second-order valence-corrected chi connectivity index (χ2v) is 2.25. The molecule has 58 valence electrons. The normalized spacial score (nSPS) is 12.5. The molecule has 3 nitrogen and oxygen atoms in total. The van der Waals surface area contributed by atoms with Gasteiger partial charge in [0.25, 0.3) is 0 Å². The Bertz CT molecular complexity index is 104. The highest BCUT2D eigenvalue weighted by Crippen LogP contribution is 1.98. The molecule has 10 heavy (non-hydrogen) atoms. The van der Waals surface area contributed by atoms with E-state index in [4.69, 9.17) is 5.73 Å². The van der Waals surface area contributed by atoms with Crippen LogP contribution in [0.4, 0.5) is 0 Å². The molecule has 0 amide bonds. The number of nitrogens with two attached hydrogens (primary N) is 1. The van der Waals surface area contributed by atoms with Crippen molar-refractivity contribution in [2.45, 2.75) is 31.7 Å². The molecule has 0 fully saturated rings. The zero-order chi connectivity index (χ0) is 7.82. The van der Waals surface area contributed by atoms with Crippen LogP contribution in [0, 0.1) is 0 Å². The van der Waals surface area contributed by atoms with Crippen LogP contribution in [0.15, 0.2) is 0 Å². The van der Waals surface area contributed by atoms with Gasteiger partial charge in [-0.2, -0.15) is 0 Å². The molecule has 0 aliphatic heterocycles. The lowest BCUT2D eigenvalue weighted by Gasteiger charge is -1.99. The first-order valence-electron chi connectivity index (χ1n) is 3.45. The Morgan fingerprint density at radius 3 is 2.50 bits per heavy atom. The van der Waals surface area contributed by atoms with Crippen molar-refractivity contribution in [1.82, 2.24) is 0 Å². The molecule has 0 radical (unpaired) electrons. The SMILES string of the molecule is NC(C=O)CCCCC=O. The van der Waals surface area contributed by atoms with Crippen molar-refractivity contribution in [3.8, 4) is 0 Å². The Morgan fingerprint density at radius 2 is 2.00 bits per heavy atom. The van der Waals surface area contributed by atoms with Crippen molar-refractivity contribution in [2.24, 2.45) is 5.73 Å². The molecule has 0 aliphatic carbocycles. The maximum absolute atomic E-state index is 9.97. The van der Waals surface area contributed by atoms with Crippen LogP contribution in [0.5, 0.6) is 0 Å². The van der Waals surface area contributed by atoms with E-state index in [2.05, 4.69) is 0 Å². The summed E-state index contributed by atoms with van der Waals surface area (Å²) in [5.74, 6) is 0. The highest BCUT2D eigenvalue weighted by molar-refractivity contribution is 5.56. The zero-order valence-electron chi connectivity index (χ0n) is 5.95. The van der Waals surface area contributed by atoms with Gasteiger partial charge >= 0.3 is 0 Å². The summed E-state index contributed by atoms with van der Waals surface area (Å²) >= 11 is 0. The number of hydrogen-bond donors (Lipinski definition) is 1. The molecule has 0 aromatic rings. The summed E-state index contributed by atoms with van der Waals surface area (Å²) in [6.45, 7) is 0. The van der Waals surface area contributed by atoms with Crippen LogP contribution in [0.1, 0.15) is 25.7 Å². The van der Waals surface area contributed by atoms with Gasteiger partial charge in [-0.1, -0.05) is 6.42 Å². The molecule has 0 aromatic heterocycles. The van der Waals surface area contributed by atoms with Crippen molar-refractivity contribution < 1.29 is 9.59 Å². The van der Waals surface area contributed by atoms with Gasteiger partial charge in [-0.25, -0.2) is 0 Å². The lowest BCUT2D eigenvalue weighted by Crippen LogP contribution is -2.20. The summed E-state index contributed by atoms with van der Waals surface area (Å²) in [5, 5.41) is 0. The number of carbonyl (C=O) groups excluding carboxylic acids is 2. The molecule has 0 bridgehead atoms. The first kappa shape index (κ1) is 9.30. The first-order chi connectivity index (χ1) is 4.81. The van der Waals surface area contributed by atoms with Crippen molar-refractivity contribution in [3.05, 3.63) is 0 Å². The fourth-order valence-corrected chi connectivity index (χ4v) is 0.676. The third-order valence-corrected chi connectivity index (χ3v) is 1.28. The van der Waals surface area contributed by atoms with Gasteiger partial charge in [0, 0.05) is 6.42 Å². The van der Waals surface area contributed by atoms with E-state index in [-0.39, 0.29) is 6.04 Å². The van der Waals surface area contributed by atoms with Crippen molar-refractivity contribution in [3.63, 3.8) is 0 Å². The largest absolute Gasteiger partial charge is 0.322 e. The predicted octanol–water partition coefficient (Wildman–Crippen LogP) is 0.272. The molecule has 0 rings (SSSR count). The number of hydrogen-bond acceptors (Lipinski definition) is 3. The van der Waals surface area contributed by atoms with Gasteiger partial charge in [-0.3, -0.25) is 0 Å². The van der Waals surface area contributed by atoms with Crippen LogP contribution in [0.2, 0.25) is 0 Å². The summed E-state index contributed by atoms with van der Waals surface area (Å²) in [7, 11) is 0. The highest BCUT2D eigenvalue weighted by atomic mass is 16.1. The first-order valence-corrected chi connectivity index (χ1v) is 3.45. The molecule has 1 unspecified atom stereocenters. The van der Waals surface area contributed by atoms with Crippen LogP contribution >= 0.6 is 0 Å². The Hall–Kier alpha value is -0.700. The molecule has 3 heteroatoms. The van der Waals surface area contributed by atoms with Gasteiger partial charge in [0.05, 0.1) is 6.04 Å². The van der Waals surface area contributed by atoms with Crippen LogP contribution in [0.25, 0.3) is 0 Å². The number of unbranched alkanes of at least 4 members (excludes halogenated alkanes) is 2. The Labute approximate surface area is 60.6 Å². The minimum Gasteiger partial charge on any atom is -0.322 e. The van der Waals surface area contributed by atoms with Gasteiger partial charge in [0.1, 0.15) is 12.6 Å². The highest BCUT2D eigenvalue weighted by Gasteiger charge is 1.97. The fourth-order valence-electron chi connectivity index (χ4n) is 0.676. The maximum Gasteiger partial charge on any atom is 0.136 e. The minimum atomic E-state index is -0.341. The molecule has 0 saturated heterocycles. The Morgan fingerprint density at radius 1 is 1.30 bits per heavy atom. The molecule has 2 N–H and O–H groups in total. The second kappa shape index (κ2) is 6.42. The molecule has 1 atom stereocenters. The van der Waals surface area contributed by atoms with Crippen LogP contribution in [-0.4, -0.2) is 18.6 Å². The quantitative estimate of drug-likeness (QED) is 0.429. The van der Waals surface area contributed by atoms with E-state index in [0.29, 0.717) is 12.8 Å². The van der Waals surface area contributed by atoms with E-state index in [1.165, 1.54) is 0 Å². The number of carbonyl (C=O) groups is 2. The minimum absolute atomic E-state index is 0.341. The van der Waals surface area contributed by atoms with E-state index in [1.807, 2.05) is 0 Å². The Balaban J connectivity index is 3.02. The monoisotopic (exact) mass is 143 g/mol. The summed E-state index contributed by atoms with van der Waals surface area (Å²) in [6, 6.07) is -0.341. The smallest absolute Gasteiger partial charge is 0.136 e. The summed E-state index contributed by atoms with van der Waals surface area (Å²) in [6.07, 6.45) is 4.58. The lowest BCUT2D eigenvalue weighted by atomic mass is 10.1.